The van der Waals surface area contributed by atoms with Gasteiger partial charge in [0, 0.05) is 25.1 Å². The maximum absolute atomic E-state index is 12.1. The van der Waals surface area contributed by atoms with Gasteiger partial charge in [-0.15, -0.1) is 10.2 Å². The fourth-order valence-corrected chi connectivity index (χ4v) is 4.75. The lowest BCUT2D eigenvalue weighted by atomic mass is 10.3. The molecule has 1 fully saturated rings. The van der Waals surface area contributed by atoms with E-state index in [4.69, 9.17) is 23.2 Å². The zero-order valence-corrected chi connectivity index (χ0v) is 17.0. The number of anilines is 2. The van der Waals surface area contributed by atoms with E-state index in [1.807, 2.05) is 0 Å². The monoisotopic (exact) mass is 430 g/mol. The molecule has 1 aromatic carbocycles. The quantitative estimate of drug-likeness (QED) is 0.517. The van der Waals surface area contributed by atoms with Crippen molar-refractivity contribution in [1.82, 2.24) is 10.2 Å². The van der Waals surface area contributed by atoms with E-state index in [1.54, 1.807) is 23.1 Å². The maximum Gasteiger partial charge on any atom is 0.225 e. The highest BCUT2D eigenvalue weighted by Crippen LogP contribution is 2.36. The van der Waals surface area contributed by atoms with Gasteiger partial charge in [-0.05, 0) is 25.0 Å². The molecule has 1 saturated carbocycles. The van der Waals surface area contributed by atoms with E-state index < -0.39 is 0 Å². The first kappa shape index (κ1) is 19.4. The molecule has 0 atom stereocenters. The van der Waals surface area contributed by atoms with Gasteiger partial charge in [0.05, 0.1) is 15.7 Å². The standard InChI is InChI=1S/C16H16Cl2N4O2S2/c1-9(23)22(10-5-6-10)15-20-21-16(26-15)25-8-7-13(24)19-14-11(17)3-2-4-12(14)18/h2-4,10H,5-8H2,1H3,(H,19,24). The van der Waals surface area contributed by atoms with Crippen LogP contribution in [0.3, 0.4) is 0 Å². The van der Waals surface area contributed by atoms with Crippen LogP contribution in [-0.4, -0.2) is 33.8 Å². The van der Waals surface area contributed by atoms with E-state index in [2.05, 4.69) is 15.5 Å². The molecule has 0 unspecified atom stereocenters. The van der Waals surface area contributed by atoms with E-state index in [9.17, 15) is 9.59 Å². The molecule has 1 aromatic heterocycles. The van der Waals surface area contributed by atoms with Gasteiger partial charge in [-0.3, -0.25) is 14.5 Å². The van der Waals surface area contributed by atoms with Crippen molar-refractivity contribution >= 4 is 68.9 Å². The molecule has 0 spiro atoms. The average molecular weight is 431 g/mol. The SMILES string of the molecule is CC(=O)N(c1nnc(SCCC(=O)Nc2c(Cl)cccc2Cl)s1)C1CC1. The van der Waals surface area contributed by atoms with Gasteiger partial charge in [-0.25, -0.2) is 0 Å². The smallest absolute Gasteiger partial charge is 0.225 e. The van der Waals surface area contributed by atoms with Gasteiger partial charge in [0.25, 0.3) is 0 Å². The number of rotatable bonds is 7. The van der Waals surface area contributed by atoms with Crippen LogP contribution in [0.1, 0.15) is 26.2 Å². The molecule has 2 amide bonds. The molecular weight excluding hydrogens is 415 g/mol. The number of nitrogens with one attached hydrogen (secondary N) is 1. The molecule has 3 rings (SSSR count). The van der Waals surface area contributed by atoms with Crippen molar-refractivity contribution in [3.8, 4) is 0 Å². The Morgan fingerprint density at radius 3 is 2.62 bits per heavy atom. The molecule has 1 heterocycles. The lowest BCUT2D eigenvalue weighted by Crippen LogP contribution is -2.30. The number of hydrogen-bond acceptors (Lipinski definition) is 6. The fraction of sp³-hybridized carbons (Fsp3) is 0.375. The Hall–Kier alpha value is -1.35. The summed E-state index contributed by atoms with van der Waals surface area (Å²) in [5.41, 5.74) is 0.422. The molecule has 1 N–H and O–H groups in total. The Labute approximate surface area is 169 Å². The molecule has 1 aliphatic carbocycles. The number of benzene rings is 1. The first-order chi connectivity index (χ1) is 12.5. The first-order valence-electron chi connectivity index (χ1n) is 7.95. The number of thioether (sulfide) groups is 1. The molecular formula is C16H16Cl2N4O2S2. The van der Waals surface area contributed by atoms with E-state index in [1.165, 1.54) is 30.0 Å². The van der Waals surface area contributed by atoms with Crippen LogP contribution < -0.4 is 10.2 Å². The Kier molecular flexibility index (Phi) is 6.39. The molecule has 0 radical (unpaired) electrons. The fourth-order valence-electron chi connectivity index (χ4n) is 2.29. The van der Waals surface area contributed by atoms with E-state index >= 15 is 0 Å². The molecule has 0 bridgehead atoms. The van der Waals surface area contributed by atoms with Crippen molar-refractivity contribution in [3.05, 3.63) is 28.2 Å². The van der Waals surface area contributed by atoms with Crippen LogP contribution >= 0.6 is 46.3 Å². The Balaban J connectivity index is 1.50. The summed E-state index contributed by atoms with van der Waals surface area (Å²) in [5.74, 6) is 0.336. The van der Waals surface area contributed by atoms with Crippen LogP contribution in [-0.2, 0) is 9.59 Å². The molecule has 138 valence electrons. The molecule has 26 heavy (non-hydrogen) atoms. The molecule has 2 aromatic rings. The Bertz CT molecular complexity index is 806. The van der Waals surface area contributed by atoms with Crippen molar-refractivity contribution in [2.45, 2.75) is 36.6 Å². The van der Waals surface area contributed by atoms with Crippen molar-refractivity contribution in [2.24, 2.45) is 0 Å². The number of aromatic nitrogens is 2. The second-order valence-electron chi connectivity index (χ2n) is 5.71. The minimum atomic E-state index is -0.180. The number of hydrogen-bond donors (Lipinski definition) is 1. The Morgan fingerprint density at radius 1 is 1.31 bits per heavy atom. The van der Waals surface area contributed by atoms with Gasteiger partial charge >= 0.3 is 0 Å². The summed E-state index contributed by atoms with van der Waals surface area (Å²) >= 11 is 14.9. The van der Waals surface area contributed by atoms with Crippen LogP contribution in [0.2, 0.25) is 10.0 Å². The first-order valence-corrected chi connectivity index (χ1v) is 10.5. The van der Waals surface area contributed by atoms with Crippen LogP contribution in [0.5, 0.6) is 0 Å². The van der Waals surface area contributed by atoms with Gasteiger partial charge in [-0.1, -0.05) is 52.4 Å². The number of halogens is 2. The third-order valence-corrected chi connectivity index (χ3v) is 6.32. The van der Waals surface area contributed by atoms with Crippen LogP contribution in [0.15, 0.2) is 22.5 Å². The van der Waals surface area contributed by atoms with Gasteiger partial charge in [0.1, 0.15) is 0 Å². The van der Waals surface area contributed by atoms with Gasteiger partial charge in [-0.2, -0.15) is 0 Å². The third kappa shape index (κ3) is 4.88. The molecule has 6 nitrogen and oxygen atoms in total. The summed E-state index contributed by atoms with van der Waals surface area (Å²) in [6.45, 7) is 1.54. The van der Waals surface area contributed by atoms with Crippen LogP contribution in [0, 0.1) is 0 Å². The average Bonchev–Trinajstić information content (AvgIpc) is 3.30. The highest BCUT2D eigenvalue weighted by atomic mass is 35.5. The van der Waals surface area contributed by atoms with Gasteiger partial charge < -0.3 is 5.32 Å². The van der Waals surface area contributed by atoms with E-state index in [0.29, 0.717) is 26.6 Å². The predicted molar refractivity (Wildman–Crippen MR) is 107 cm³/mol. The number of amides is 2. The summed E-state index contributed by atoms with van der Waals surface area (Å²) < 4.78 is 0.732. The second kappa shape index (κ2) is 8.56. The largest absolute Gasteiger partial charge is 0.324 e. The molecule has 10 heteroatoms. The predicted octanol–water partition coefficient (Wildman–Crippen LogP) is 4.48. The van der Waals surface area contributed by atoms with Crippen molar-refractivity contribution in [2.75, 3.05) is 16.0 Å². The Morgan fingerprint density at radius 2 is 2.00 bits per heavy atom. The zero-order chi connectivity index (χ0) is 18.7. The zero-order valence-electron chi connectivity index (χ0n) is 13.9. The summed E-state index contributed by atoms with van der Waals surface area (Å²) in [4.78, 5) is 25.5. The lowest BCUT2D eigenvalue weighted by Gasteiger charge is -2.15. The summed E-state index contributed by atoms with van der Waals surface area (Å²) in [7, 11) is 0. The van der Waals surface area contributed by atoms with Gasteiger partial charge in [0.2, 0.25) is 16.9 Å². The molecule has 0 saturated heterocycles. The summed E-state index contributed by atoms with van der Waals surface area (Å²) in [6.07, 6.45) is 2.29. The second-order valence-corrected chi connectivity index (χ2v) is 8.83. The highest BCUT2D eigenvalue weighted by Gasteiger charge is 2.34. The number of para-hydroxylation sites is 1. The third-order valence-electron chi connectivity index (χ3n) is 3.63. The van der Waals surface area contributed by atoms with Gasteiger partial charge in [0.15, 0.2) is 4.34 Å². The van der Waals surface area contributed by atoms with E-state index in [-0.39, 0.29) is 24.3 Å². The maximum atomic E-state index is 12.1. The number of carbonyl (C=O) groups excluding carboxylic acids is 2. The minimum Gasteiger partial charge on any atom is -0.324 e. The van der Waals surface area contributed by atoms with Crippen molar-refractivity contribution < 1.29 is 9.59 Å². The summed E-state index contributed by atoms with van der Waals surface area (Å²) in [6, 6.07) is 5.31. The van der Waals surface area contributed by atoms with Crippen LogP contribution in [0.4, 0.5) is 10.8 Å². The molecule has 1 aliphatic rings. The van der Waals surface area contributed by atoms with Crippen molar-refractivity contribution in [3.63, 3.8) is 0 Å². The van der Waals surface area contributed by atoms with Crippen LogP contribution in [0.25, 0.3) is 0 Å². The molecule has 0 aliphatic heterocycles. The number of carbonyl (C=O) groups is 2. The topological polar surface area (TPSA) is 75.2 Å². The summed E-state index contributed by atoms with van der Waals surface area (Å²) in [5, 5.41) is 12.4. The highest BCUT2D eigenvalue weighted by molar-refractivity contribution is 8.01. The minimum absolute atomic E-state index is 0.0174. The number of nitrogens with zero attached hydrogens (tertiary/aromatic N) is 3. The van der Waals surface area contributed by atoms with E-state index in [0.717, 1.165) is 17.2 Å². The van der Waals surface area contributed by atoms with Crippen molar-refractivity contribution in [1.29, 1.82) is 0 Å². The lowest BCUT2D eigenvalue weighted by molar-refractivity contribution is -0.117. The normalized spacial score (nSPS) is 13.5.